The number of hydrogen-bond acceptors (Lipinski definition) is 4. The molecule has 0 saturated carbocycles. The molecule has 0 atom stereocenters. The van der Waals surface area contributed by atoms with E-state index in [0.29, 0.717) is 26.2 Å². The highest BCUT2D eigenvalue weighted by molar-refractivity contribution is 5.97. The lowest BCUT2D eigenvalue weighted by molar-refractivity contribution is -0.128. The van der Waals surface area contributed by atoms with Crippen LogP contribution in [-0.2, 0) is 4.79 Å². The van der Waals surface area contributed by atoms with Crippen LogP contribution >= 0.6 is 0 Å². The minimum Gasteiger partial charge on any atom is -0.358 e. The lowest BCUT2D eigenvalue weighted by Gasteiger charge is -2.32. The Morgan fingerprint density at radius 3 is 2.48 bits per heavy atom. The fourth-order valence-electron chi connectivity index (χ4n) is 2.11. The van der Waals surface area contributed by atoms with E-state index in [1.54, 1.807) is 6.07 Å². The average molecular weight is 324 g/mol. The van der Waals surface area contributed by atoms with Gasteiger partial charge in [0, 0.05) is 32.4 Å². The van der Waals surface area contributed by atoms with E-state index >= 15 is 0 Å². The van der Waals surface area contributed by atoms with E-state index in [1.807, 2.05) is 7.05 Å². The Morgan fingerprint density at radius 1 is 1.22 bits per heavy atom. The highest BCUT2D eigenvalue weighted by Crippen LogP contribution is 2.20. The molecule has 1 N–H and O–H groups in total. The second-order valence-corrected chi connectivity index (χ2v) is 5.13. The molecule has 1 aliphatic rings. The number of rotatable bonds is 3. The van der Waals surface area contributed by atoms with Gasteiger partial charge >= 0.3 is 0 Å². The van der Waals surface area contributed by atoms with E-state index in [0.717, 1.165) is 18.3 Å². The van der Waals surface area contributed by atoms with Gasteiger partial charge in [-0.25, -0.2) is 13.2 Å². The third-order valence-corrected chi connectivity index (χ3v) is 3.55. The number of nitrogens with zero attached hydrogens (tertiary/aromatic N) is 3. The third kappa shape index (κ3) is 3.81. The summed E-state index contributed by atoms with van der Waals surface area (Å²) in [5.41, 5.74) is -0.596. The van der Waals surface area contributed by atoms with E-state index in [9.17, 15) is 18.0 Å². The molecule has 2 rings (SSSR count). The molecule has 122 valence electrons. The largest absolute Gasteiger partial charge is 0.358 e. The van der Waals surface area contributed by atoms with Crippen LogP contribution in [0.5, 0.6) is 0 Å². The summed E-state index contributed by atoms with van der Waals surface area (Å²) in [6, 6.07) is 3.47. The van der Waals surface area contributed by atoms with Gasteiger partial charge in [-0.15, -0.1) is 0 Å². The van der Waals surface area contributed by atoms with Crippen LogP contribution in [-0.4, -0.2) is 48.9 Å². The number of hydrogen-bond donors (Lipinski definition) is 1. The van der Waals surface area contributed by atoms with Crippen molar-refractivity contribution in [3.63, 3.8) is 0 Å². The van der Waals surface area contributed by atoms with E-state index < -0.39 is 23.4 Å². The molecule has 1 amide bonds. The first-order chi connectivity index (χ1) is 10.9. The van der Waals surface area contributed by atoms with Gasteiger partial charge in [-0.2, -0.15) is 5.26 Å². The molecule has 0 aromatic heterocycles. The molecule has 23 heavy (non-hydrogen) atoms. The van der Waals surface area contributed by atoms with Crippen molar-refractivity contribution in [2.75, 3.05) is 38.5 Å². The molecule has 1 aromatic carbocycles. The van der Waals surface area contributed by atoms with Gasteiger partial charge in [-0.3, -0.25) is 4.79 Å². The quantitative estimate of drug-likeness (QED) is 0.522. The molecule has 1 fully saturated rings. The molecular weight excluding hydrogens is 309 g/mol. The normalized spacial score (nSPS) is 16.1. The van der Waals surface area contributed by atoms with Crippen molar-refractivity contribution in [2.45, 2.75) is 0 Å². The van der Waals surface area contributed by atoms with Crippen LogP contribution in [0.4, 0.5) is 18.9 Å². The van der Waals surface area contributed by atoms with Gasteiger partial charge in [-0.1, -0.05) is 0 Å². The molecule has 1 saturated heterocycles. The maximum atomic E-state index is 13.5. The van der Waals surface area contributed by atoms with Crippen LogP contribution in [0.25, 0.3) is 0 Å². The predicted octanol–water partition coefficient (Wildman–Crippen LogP) is 1.70. The number of nitrogens with one attached hydrogen (secondary N) is 1. The number of anilines is 1. The molecule has 1 aliphatic heterocycles. The van der Waals surface area contributed by atoms with Crippen molar-refractivity contribution in [1.29, 1.82) is 5.26 Å². The summed E-state index contributed by atoms with van der Waals surface area (Å²) in [7, 11) is 1.93. The SMILES string of the molecule is CN1CCN(C(=O)/C(C#N)=C\Nc2ccc(F)c(F)c2F)CC1. The summed E-state index contributed by atoms with van der Waals surface area (Å²) in [6.07, 6.45) is 0.996. The van der Waals surface area contributed by atoms with Crippen LogP contribution in [0.15, 0.2) is 23.9 Å². The summed E-state index contributed by atoms with van der Waals surface area (Å²) in [5.74, 6) is -4.83. The monoisotopic (exact) mass is 324 g/mol. The summed E-state index contributed by atoms with van der Waals surface area (Å²) < 4.78 is 39.5. The lowest BCUT2D eigenvalue weighted by atomic mass is 10.2. The van der Waals surface area contributed by atoms with Crippen LogP contribution in [0.3, 0.4) is 0 Å². The first-order valence-electron chi connectivity index (χ1n) is 6.92. The van der Waals surface area contributed by atoms with Crippen molar-refractivity contribution >= 4 is 11.6 Å². The topological polar surface area (TPSA) is 59.4 Å². The first-order valence-corrected chi connectivity index (χ1v) is 6.92. The van der Waals surface area contributed by atoms with Crippen molar-refractivity contribution in [2.24, 2.45) is 0 Å². The molecule has 0 unspecified atom stereocenters. The van der Waals surface area contributed by atoms with Crippen molar-refractivity contribution in [3.8, 4) is 6.07 Å². The van der Waals surface area contributed by atoms with Crippen molar-refractivity contribution in [1.82, 2.24) is 9.80 Å². The second kappa shape index (κ2) is 7.15. The highest BCUT2D eigenvalue weighted by Gasteiger charge is 2.22. The summed E-state index contributed by atoms with van der Waals surface area (Å²) in [5, 5.41) is 11.4. The molecule has 0 bridgehead atoms. The fourth-order valence-corrected chi connectivity index (χ4v) is 2.11. The fraction of sp³-hybridized carbons (Fsp3) is 0.333. The van der Waals surface area contributed by atoms with E-state index in [1.165, 1.54) is 4.90 Å². The van der Waals surface area contributed by atoms with Gasteiger partial charge < -0.3 is 15.1 Å². The smallest absolute Gasteiger partial charge is 0.266 e. The zero-order valence-electron chi connectivity index (χ0n) is 12.4. The van der Waals surface area contributed by atoms with E-state index in [-0.39, 0.29) is 11.3 Å². The van der Waals surface area contributed by atoms with E-state index in [2.05, 4.69) is 10.2 Å². The molecular formula is C15H15F3N4O. The van der Waals surface area contributed by atoms with Gasteiger partial charge in [0.15, 0.2) is 17.5 Å². The third-order valence-electron chi connectivity index (χ3n) is 3.55. The van der Waals surface area contributed by atoms with Crippen molar-refractivity contribution in [3.05, 3.63) is 41.4 Å². The summed E-state index contributed by atoms with van der Waals surface area (Å²) in [6.45, 7) is 2.34. The summed E-state index contributed by atoms with van der Waals surface area (Å²) in [4.78, 5) is 15.8. The highest BCUT2D eigenvalue weighted by atomic mass is 19.2. The standard InChI is InChI=1S/C15H15F3N4O/c1-21-4-6-22(7-5-21)15(23)10(8-19)9-20-12-3-2-11(16)13(17)14(12)18/h2-3,9,20H,4-7H2,1H3/b10-9-. The molecule has 1 aromatic rings. The lowest BCUT2D eigenvalue weighted by Crippen LogP contribution is -2.47. The average Bonchev–Trinajstić information content (AvgIpc) is 2.55. The second-order valence-electron chi connectivity index (χ2n) is 5.13. The van der Waals surface area contributed by atoms with Crippen LogP contribution in [0.1, 0.15) is 0 Å². The molecule has 0 radical (unpaired) electrons. The molecule has 1 heterocycles. The van der Waals surface area contributed by atoms with Gasteiger partial charge in [0.05, 0.1) is 5.69 Å². The van der Waals surface area contributed by atoms with Crippen LogP contribution in [0, 0.1) is 28.8 Å². The molecule has 0 aliphatic carbocycles. The molecule has 8 heteroatoms. The van der Waals surface area contributed by atoms with Crippen molar-refractivity contribution < 1.29 is 18.0 Å². The van der Waals surface area contributed by atoms with Gasteiger partial charge in [0.2, 0.25) is 0 Å². The Bertz CT molecular complexity index is 676. The maximum absolute atomic E-state index is 13.5. The molecule has 0 spiro atoms. The number of halogens is 3. The van der Waals surface area contributed by atoms with Gasteiger partial charge in [-0.05, 0) is 19.2 Å². The number of benzene rings is 1. The van der Waals surface area contributed by atoms with Gasteiger partial charge in [0.1, 0.15) is 11.6 Å². The number of piperazine rings is 1. The number of carbonyl (C=O) groups is 1. The number of likely N-dealkylation sites (N-methyl/N-ethyl adjacent to an activating group) is 1. The Balaban J connectivity index is 2.12. The Hall–Kier alpha value is -2.53. The number of carbonyl (C=O) groups excluding carboxylic acids is 1. The zero-order chi connectivity index (χ0) is 17.0. The Kier molecular flexibility index (Phi) is 5.24. The minimum absolute atomic E-state index is 0.237. The minimum atomic E-state index is -1.62. The number of amides is 1. The maximum Gasteiger partial charge on any atom is 0.266 e. The van der Waals surface area contributed by atoms with Crippen LogP contribution in [0.2, 0.25) is 0 Å². The Labute approximate surface area is 131 Å². The summed E-state index contributed by atoms with van der Waals surface area (Å²) >= 11 is 0. The molecule has 5 nitrogen and oxygen atoms in total. The Morgan fingerprint density at radius 2 is 1.87 bits per heavy atom. The van der Waals surface area contributed by atoms with E-state index in [4.69, 9.17) is 5.26 Å². The first kappa shape index (κ1) is 16.8. The number of nitriles is 1. The van der Waals surface area contributed by atoms with Crippen LogP contribution < -0.4 is 5.32 Å². The predicted molar refractivity (Wildman–Crippen MR) is 77.7 cm³/mol. The zero-order valence-corrected chi connectivity index (χ0v) is 12.4. The van der Waals surface area contributed by atoms with Gasteiger partial charge in [0.25, 0.3) is 5.91 Å².